The van der Waals surface area contributed by atoms with Gasteiger partial charge in [-0.3, -0.25) is 9.00 Å². The summed E-state index contributed by atoms with van der Waals surface area (Å²) in [5.74, 6) is 0.883. The van der Waals surface area contributed by atoms with Crippen LogP contribution in [0.25, 0.3) is 17.2 Å². The number of hydrogen-bond acceptors (Lipinski definition) is 5. The molecule has 4 rings (SSSR count). The Morgan fingerprint density at radius 3 is 2.43 bits per heavy atom. The van der Waals surface area contributed by atoms with E-state index in [2.05, 4.69) is 11.9 Å². The molecule has 0 fully saturated rings. The number of carbonyl (C=O) groups excluding carboxylic acids is 1. The fourth-order valence-corrected chi connectivity index (χ4v) is 5.47. The molecule has 0 amide bonds. The number of allylic oxidation sites excluding steroid dienone is 1. The van der Waals surface area contributed by atoms with E-state index in [0.29, 0.717) is 22.8 Å². The van der Waals surface area contributed by atoms with Gasteiger partial charge in [0, 0.05) is 29.6 Å². The van der Waals surface area contributed by atoms with Crippen LogP contribution in [-0.4, -0.2) is 32.8 Å². The lowest BCUT2D eigenvalue weighted by Gasteiger charge is -2.11. The fraction of sp³-hybridized carbons (Fsp3) is 0.273. The molecule has 0 N–H and O–H groups in total. The van der Waals surface area contributed by atoms with Crippen molar-refractivity contribution in [2.24, 2.45) is 0 Å². The first-order valence-electron chi connectivity index (χ1n) is 13.9. The number of aromatic nitrogens is 2. The van der Waals surface area contributed by atoms with Gasteiger partial charge in [-0.2, -0.15) is 8.78 Å². The van der Waals surface area contributed by atoms with E-state index in [1.807, 2.05) is 35.8 Å². The third kappa shape index (κ3) is 8.69. The van der Waals surface area contributed by atoms with Crippen LogP contribution in [0.2, 0.25) is 0 Å². The minimum Gasteiger partial charge on any atom is -0.494 e. The summed E-state index contributed by atoms with van der Waals surface area (Å²) in [6, 6.07) is 19.5. The van der Waals surface area contributed by atoms with Gasteiger partial charge in [-0.1, -0.05) is 44.2 Å². The second kappa shape index (κ2) is 15.2. The molecule has 4 aromatic rings. The average Bonchev–Trinajstić information content (AvgIpc) is 3.42. The van der Waals surface area contributed by atoms with Crippen molar-refractivity contribution in [2.75, 3.05) is 6.61 Å². The maximum atomic E-state index is 13.1. The normalized spacial score (nSPS) is 12.1. The molecule has 1 atom stereocenters. The van der Waals surface area contributed by atoms with Gasteiger partial charge < -0.3 is 14.0 Å². The van der Waals surface area contributed by atoms with Gasteiger partial charge in [0.15, 0.2) is 5.78 Å². The SMILES string of the molecule is CCCOc1ccc(-c2ccc(OC(F)F)c(/C=C/C(=O)Cc3ccc([S@](=O)Cc4cncn4CCC)cc3)c2)cc1. The van der Waals surface area contributed by atoms with Crippen molar-refractivity contribution in [3.05, 3.63) is 102 Å². The molecule has 0 aliphatic heterocycles. The molecule has 1 heterocycles. The molecule has 9 heteroatoms. The molecule has 6 nitrogen and oxygen atoms in total. The second-order valence-corrected chi connectivity index (χ2v) is 11.1. The highest BCUT2D eigenvalue weighted by Crippen LogP contribution is 2.30. The van der Waals surface area contributed by atoms with E-state index < -0.39 is 17.4 Å². The van der Waals surface area contributed by atoms with Crippen LogP contribution in [0.1, 0.15) is 43.5 Å². The Bertz CT molecular complexity index is 1520. The predicted octanol–water partition coefficient (Wildman–Crippen LogP) is 7.48. The Morgan fingerprint density at radius 1 is 1.00 bits per heavy atom. The van der Waals surface area contributed by atoms with E-state index in [1.165, 1.54) is 18.2 Å². The molecule has 0 radical (unpaired) electrons. The van der Waals surface area contributed by atoms with Gasteiger partial charge in [-0.05, 0) is 78.1 Å². The van der Waals surface area contributed by atoms with Gasteiger partial charge in [0.25, 0.3) is 0 Å². The Morgan fingerprint density at radius 2 is 1.74 bits per heavy atom. The number of ether oxygens (including phenoxy) is 2. The van der Waals surface area contributed by atoms with Crippen molar-refractivity contribution in [1.82, 2.24) is 9.55 Å². The van der Waals surface area contributed by atoms with Crippen molar-refractivity contribution >= 4 is 22.7 Å². The zero-order valence-corrected chi connectivity index (χ0v) is 24.5. The highest BCUT2D eigenvalue weighted by atomic mass is 32.2. The van der Waals surface area contributed by atoms with Crippen molar-refractivity contribution in [2.45, 2.75) is 56.9 Å². The van der Waals surface area contributed by atoms with Crippen molar-refractivity contribution < 1.29 is 27.3 Å². The number of hydrogen-bond donors (Lipinski definition) is 0. The maximum absolute atomic E-state index is 13.1. The largest absolute Gasteiger partial charge is 0.494 e. The van der Waals surface area contributed by atoms with E-state index in [1.54, 1.807) is 48.9 Å². The van der Waals surface area contributed by atoms with Crippen molar-refractivity contribution in [3.8, 4) is 22.6 Å². The van der Waals surface area contributed by atoms with Gasteiger partial charge in [0.2, 0.25) is 0 Å². The van der Waals surface area contributed by atoms with Crippen molar-refractivity contribution in [1.29, 1.82) is 0 Å². The van der Waals surface area contributed by atoms with Crippen LogP contribution in [0.5, 0.6) is 11.5 Å². The third-order valence-electron chi connectivity index (χ3n) is 6.44. The Kier molecular flexibility index (Phi) is 11.2. The topological polar surface area (TPSA) is 70.4 Å². The second-order valence-electron chi connectivity index (χ2n) is 9.69. The number of alkyl halides is 2. The van der Waals surface area contributed by atoms with E-state index >= 15 is 0 Å². The number of halogens is 2. The summed E-state index contributed by atoms with van der Waals surface area (Å²) in [6.07, 6.45) is 8.31. The summed E-state index contributed by atoms with van der Waals surface area (Å²) in [4.78, 5) is 17.6. The summed E-state index contributed by atoms with van der Waals surface area (Å²) < 4.78 is 51.3. The molecular formula is C33H34F2N2O4S. The highest BCUT2D eigenvalue weighted by molar-refractivity contribution is 7.84. The van der Waals surface area contributed by atoms with Crippen LogP contribution in [-0.2, 0) is 34.3 Å². The van der Waals surface area contributed by atoms with Crippen LogP contribution in [0, 0.1) is 0 Å². The summed E-state index contributed by atoms with van der Waals surface area (Å²) in [5.41, 5.74) is 3.68. The summed E-state index contributed by atoms with van der Waals surface area (Å²) in [6.45, 7) is 2.56. The average molecular weight is 593 g/mol. The number of aryl methyl sites for hydroxylation is 1. The van der Waals surface area contributed by atoms with Crippen LogP contribution in [0.3, 0.4) is 0 Å². The van der Waals surface area contributed by atoms with Gasteiger partial charge in [-0.15, -0.1) is 0 Å². The van der Waals surface area contributed by atoms with E-state index in [4.69, 9.17) is 9.47 Å². The molecule has 0 spiro atoms. The van der Waals surface area contributed by atoms with E-state index in [0.717, 1.165) is 47.5 Å². The van der Waals surface area contributed by atoms with Crippen LogP contribution < -0.4 is 9.47 Å². The van der Waals surface area contributed by atoms with Crippen LogP contribution >= 0.6 is 0 Å². The summed E-state index contributed by atoms with van der Waals surface area (Å²) >= 11 is 0. The molecule has 0 bridgehead atoms. The number of nitrogens with zero attached hydrogens (tertiary/aromatic N) is 2. The number of imidazole rings is 1. The molecule has 42 heavy (non-hydrogen) atoms. The molecule has 0 aliphatic carbocycles. The lowest BCUT2D eigenvalue weighted by atomic mass is 10.0. The Labute approximate surface area is 247 Å². The molecule has 3 aromatic carbocycles. The monoisotopic (exact) mass is 592 g/mol. The van der Waals surface area contributed by atoms with E-state index in [-0.39, 0.29) is 18.0 Å². The Balaban J connectivity index is 1.43. The fourth-order valence-electron chi connectivity index (χ4n) is 4.36. The minimum atomic E-state index is -3.00. The lowest BCUT2D eigenvalue weighted by molar-refractivity contribution is -0.113. The first-order valence-corrected chi connectivity index (χ1v) is 15.2. The van der Waals surface area contributed by atoms with Gasteiger partial charge in [0.05, 0.1) is 35.2 Å². The minimum absolute atomic E-state index is 0.0205. The zero-order chi connectivity index (χ0) is 29.9. The first kappa shape index (κ1) is 30.8. The van der Waals surface area contributed by atoms with Crippen molar-refractivity contribution in [3.63, 3.8) is 0 Å². The molecule has 0 aliphatic rings. The summed E-state index contributed by atoms with van der Waals surface area (Å²) in [7, 11) is -1.25. The van der Waals surface area contributed by atoms with Gasteiger partial charge >= 0.3 is 6.61 Å². The number of benzene rings is 3. The number of rotatable bonds is 15. The molecule has 0 saturated heterocycles. The Hall–Kier alpha value is -4.11. The van der Waals surface area contributed by atoms with Gasteiger partial charge in [-0.25, -0.2) is 4.98 Å². The number of ketones is 1. The molecule has 0 unspecified atom stereocenters. The van der Waals surface area contributed by atoms with Crippen LogP contribution in [0.4, 0.5) is 8.78 Å². The van der Waals surface area contributed by atoms with Gasteiger partial charge in [0.1, 0.15) is 11.5 Å². The highest BCUT2D eigenvalue weighted by Gasteiger charge is 2.12. The molecule has 220 valence electrons. The molecule has 1 aromatic heterocycles. The predicted molar refractivity (Wildman–Crippen MR) is 161 cm³/mol. The zero-order valence-electron chi connectivity index (χ0n) is 23.7. The first-order chi connectivity index (χ1) is 20.4. The molecule has 0 saturated carbocycles. The smallest absolute Gasteiger partial charge is 0.387 e. The lowest BCUT2D eigenvalue weighted by Crippen LogP contribution is -2.05. The van der Waals surface area contributed by atoms with E-state index in [9.17, 15) is 17.8 Å². The standard InChI is InChI=1S/C33H34F2N2O4S/c1-3-17-37-23-36-21-28(37)22-42(39)31-14-5-24(6-15-31)19-29(38)11-7-27-20-26(10-16-32(27)41-33(34)35)25-8-12-30(13-9-25)40-18-4-2/h5-16,20-21,23,33H,3-4,17-19,22H2,1-2H3/b11-7+/t42-/m1/s1. The summed E-state index contributed by atoms with van der Waals surface area (Å²) in [5, 5.41) is 0. The maximum Gasteiger partial charge on any atom is 0.387 e. The third-order valence-corrected chi connectivity index (χ3v) is 7.80. The number of carbonyl (C=O) groups is 1. The quantitative estimate of drug-likeness (QED) is 0.134. The molecular weight excluding hydrogens is 558 g/mol. The van der Waals surface area contributed by atoms with Crippen LogP contribution in [0.15, 0.2) is 90.2 Å².